The van der Waals surface area contributed by atoms with Crippen LogP contribution in [-0.2, 0) is 0 Å². The minimum atomic E-state index is 0.519. The van der Waals surface area contributed by atoms with Crippen LogP contribution in [0, 0.1) is 23.2 Å². The van der Waals surface area contributed by atoms with Crippen LogP contribution >= 0.6 is 11.6 Å². The Bertz CT molecular complexity index is 382. The van der Waals surface area contributed by atoms with Crippen molar-refractivity contribution in [1.82, 2.24) is 4.98 Å². The van der Waals surface area contributed by atoms with E-state index in [1.165, 1.54) is 0 Å². The first-order valence-electron chi connectivity index (χ1n) is 3.78. The van der Waals surface area contributed by atoms with E-state index in [0.717, 1.165) is 0 Å². The molecule has 0 aliphatic rings. The predicted octanol–water partition coefficient (Wildman–Crippen LogP) is 1.93. The van der Waals surface area contributed by atoms with Crippen molar-refractivity contribution in [2.75, 3.05) is 5.88 Å². The fraction of sp³-hybridized carbons (Fsp3) is 0.200. The first-order chi connectivity index (χ1) is 6.36. The second kappa shape index (κ2) is 5.19. The van der Waals surface area contributed by atoms with Gasteiger partial charge in [0, 0.05) is 18.5 Å². The molecule has 0 radical (unpaired) electrons. The molecule has 0 bridgehead atoms. The molecular weight excluding hydrogens is 184 g/mol. The molecule has 0 aromatic carbocycles. The molecule has 0 saturated heterocycles. The van der Waals surface area contributed by atoms with Crippen LogP contribution in [0.25, 0.3) is 0 Å². The quantitative estimate of drug-likeness (QED) is 0.501. The SMILES string of the molecule is N#Cc1ccnc(C#CCCCl)c1. The molecule has 0 N–H and O–H groups in total. The Morgan fingerprint density at radius 2 is 2.38 bits per heavy atom. The van der Waals surface area contributed by atoms with E-state index < -0.39 is 0 Å². The zero-order valence-corrected chi connectivity index (χ0v) is 7.67. The normalized spacial score (nSPS) is 8.31. The molecule has 0 unspecified atom stereocenters. The first-order valence-corrected chi connectivity index (χ1v) is 4.31. The van der Waals surface area contributed by atoms with Gasteiger partial charge in [-0.1, -0.05) is 5.92 Å². The maximum atomic E-state index is 8.59. The molecular formula is C10H7ClN2. The highest BCUT2D eigenvalue weighted by molar-refractivity contribution is 6.18. The third-order valence-electron chi connectivity index (χ3n) is 1.32. The molecule has 0 spiro atoms. The number of nitriles is 1. The monoisotopic (exact) mass is 190 g/mol. The van der Waals surface area contributed by atoms with Crippen LogP contribution in [0.5, 0.6) is 0 Å². The van der Waals surface area contributed by atoms with Gasteiger partial charge in [0.2, 0.25) is 0 Å². The lowest BCUT2D eigenvalue weighted by molar-refractivity contribution is 1.25. The molecule has 1 heterocycles. The van der Waals surface area contributed by atoms with Gasteiger partial charge in [0.05, 0.1) is 11.6 Å². The van der Waals surface area contributed by atoms with Gasteiger partial charge in [-0.25, -0.2) is 4.98 Å². The van der Waals surface area contributed by atoms with Crippen LogP contribution in [0.15, 0.2) is 18.3 Å². The molecule has 0 amide bonds. The third-order valence-corrected chi connectivity index (χ3v) is 1.51. The maximum absolute atomic E-state index is 8.59. The standard InChI is InChI=1S/C10H7ClN2/c11-5-2-1-3-10-7-9(8-12)4-6-13-10/h4,6-7H,2,5H2. The molecule has 1 rings (SSSR count). The van der Waals surface area contributed by atoms with E-state index in [4.69, 9.17) is 16.9 Å². The van der Waals surface area contributed by atoms with E-state index in [0.29, 0.717) is 23.6 Å². The number of halogens is 1. The van der Waals surface area contributed by atoms with E-state index in [2.05, 4.69) is 16.8 Å². The summed E-state index contributed by atoms with van der Waals surface area (Å²) in [5.41, 5.74) is 1.19. The van der Waals surface area contributed by atoms with Gasteiger partial charge in [0.25, 0.3) is 0 Å². The highest BCUT2D eigenvalue weighted by Gasteiger charge is 1.91. The number of hydrogen-bond acceptors (Lipinski definition) is 2. The lowest BCUT2D eigenvalue weighted by Crippen LogP contribution is -1.83. The molecule has 1 aromatic rings. The van der Waals surface area contributed by atoms with Crippen LogP contribution in [0.2, 0.25) is 0 Å². The van der Waals surface area contributed by atoms with Gasteiger partial charge >= 0.3 is 0 Å². The van der Waals surface area contributed by atoms with Crippen molar-refractivity contribution in [2.45, 2.75) is 6.42 Å². The van der Waals surface area contributed by atoms with Crippen LogP contribution < -0.4 is 0 Å². The fourth-order valence-corrected chi connectivity index (χ4v) is 0.863. The highest BCUT2D eigenvalue weighted by Crippen LogP contribution is 1.98. The Morgan fingerprint density at radius 1 is 1.54 bits per heavy atom. The number of aromatic nitrogens is 1. The maximum Gasteiger partial charge on any atom is 0.114 e. The molecule has 13 heavy (non-hydrogen) atoms. The van der Waals surface area contributed by atoms with E-state index >= 15 is 0 Å². The fourth-order valence-electron chi connectivity index (χ4n) is 0.769. The van der Waals surface area contributed by atoms with E-state index in [1.807, 2.05) is 6.07 Å². The largest absolute Gasteiger partial charge is 0.248 e. The topological polar surface area (TPSA) is 36.7 Å². The van der Waals surface area contributed by atoms with Gasteiger partial charge in [-0.3, -0.25) is 0 Å². The summed E-state index contributed by atoms with van der Waals surface area (Å²) in [6.07, 6.45) is 2.21. The molecule has 0 atom stereocenters. The second-order valence-corrected chi connectivity index (χ2v) is 2.66. The lowest BCUT2D eigenvalue weighted by atomic mass is 10.2. The lowest BCUT2D eigenvalue weighted by Gasteiger charge is -1.88. The van der Waals surface area contributed by atoms with Crippen LogP contribution in [-0.4, -0.2) is 10.9 Å². The minimum absolute atomic E-state index is 0.519. The zero-order chi connectivity index (χ0) is 9.52. The predicted molar refractivity (Wildman–Crippen MR) is 51.2 cm³/mol. The van der Waals surface area contributed by atoms with Gasteiger partial charge in [0.1, 0.15) is 5.69 Å². The Morgan fingerprint density at radius 3 is 3.08 bits per heavy atom. The highest BCUT2D eigenvalue weighted by atomic mass is 35.5. The summed E-state index contributed by atoms with van der Waals surface area (Å²) in [5, 5.41) is 8.59. The van der Waals surface area contributed by atoms with Gasteiger partial charge in [-0.15, -0.1) is 11.6 Å². The van der Waals surface area contributed by atoms with E-state index in [9.17, 15) is 0 Å². The van der Waals surface area contributed by atoms with Crippen molar-refractivity contribution in [2.24, 2.45) is 0 Å². The van der Waals surface area contributed by atoms with Crippen LogP contribution in [0.4, 0.5) is 0 Å². The van der Waals surface area contributed by atoms with Gasteiger partial charge in [-0.05, 0) is 18.1 Å². The molecule has 3 heteroatoms. The number of nitrogens with zero attached hydrogens (tertiary/aromatic N) is 2. The molecule has 0 aliphatic carbocycles. The summed E-state index contributed by atoms with van der Waals surface area (Å²) >= 11 is 5.45. The average Bonchev–Trinajstić information content (AvgIpc) is 2.19. The van der Waals surface area contributed by atoms with Crippen LogP contribution in [0.3, 0.4) is 0 Å². The van der Waals surface area contributed by atoms with Crippen molar-refractivity contribution in [3.8, 4) is 17.9 Å². The van der Waals surface area contributed by atoms with Crippen molar-refractivity contribution < 1.29 is 0 Å². The van der Waals surface area contributed by atoms with Gasteiger partial charge in [-0.2, -0.15) is 5.26 Å². The first kappa shape index (κ1) is 9.58. The van der Waals surface area contributed by atoms with Gasteiger partial charge in [0.15, 0.2) is 0 Å². The summed E-state index contributed by atoms with van der Waals surface area (Å²) in [6, 6.07) is 5.32. The van der Waals surface area contributed by atoms with Crippen LogP contribution in [0.1, 0.15) is 17.7 Å². The zero-order valence-electron chi connectivity index (χ0n) is 6.92. The van der Waals surface area contributed by atoms with Crippen molar-refractivity contribution in [3.63, 3.8) is 0 Å². The van der Waals surface area contributed by atoms with Crippen molar-refractivity contribution in [1.29, 1.82) is 5.26 Å². The summed E-state index contributed by atoms with van der Waals surface area (Å²) in [5.74, 6) is 6.19. The minimum Gasteiger partial charge on any atom is -0.248 e. The molecule has 0 fully saturated rings. The average molecular weight is 191 g/mol. The van der Waals surface area contributed by atoms with E-state index in [1.54, 1.807) is 18.3 Å². The molecule has 0 saturated carbocycles. The van der Waals surface area contributed by atoms with Crippen molar-refractivity contribution in [3.05, 3.63) is 29.6 Å². The van der Waals surface area contributed by atoms with Crippen molar-refractivity contribution >= 4 is 11.6 Å². The molecule has 2 nitrogen and oxygen atoms in total. The Kier molecular flexibility index (Phi) is 3.82. The summed E-state index contributed by atoms with van der Waals surface area (Å²) in [7, 11) is 0. The molecule has 64 valence electrons. The van der Waals surface area contributed by atoms with E-state index in [-0.39, 0.29) is 0 Å². The summed E-state index contributed by atoms with van der Waals surface area (Å²) in [4.78, 5) is 3.99. The third kappa shape index (κ3) is 3.15. The summed E-state index contributed by atoms with van der Waals surface area (Å²) < 4.78 is 0. The molecule has 1 aromatic heterocycles. The van der Waals surface area contributed by atoms with Gasteiger partial charge < -0.3 is 0 Å². The Hall–Kier alpha value is -1.51. The molecule has 0 aliphatic heterocycles. The second-order valence-electron chi connectivity index (χ2n) is 2.28. The Labute approximate surface area is 82.2 Å². The number of alkyl halides is 1. The smallest absolute Gasteiger partial charge is 0.114 e. The number of hydrogen-bond donors (Lipinski definition) is 0. The Balaban J connectivity index is 2.81. The number of pyridine rings is 1. The summed E-state index contributed by atoms with van der Waals surface area (Å²) in [6.45, 7) is 0. The number of rotatable bonds is 1.